The zero-order valence-corrected chi connectivity index (χ0v) is 16.2. The average molecular weight is 389 g/mol. The minimum Gasteiger partial charge on any atom is -0.463 e. The molecule has 0 bridgehead atoms. The van der Waals surface area contributed by atoms with E-state index >= 15 is 0 Å². The number of esters is 3. The Kier molecular flexibility index (Phi) is 9.16. The van der Waals surface area contributed by atoms with Crippen LogP contribution in [0.3, 0.4) is 0 Å². The Labute approximate surface area is 157 Å². The van der Waals surface area contributed by atoms with E-state index in [0.29, 0.717) is 13.0 Å². The number of nitrogens with one attached hydrogen (secondary N) is 1. The van der Waals surface area contributed by atoms with Crippen LogP contribution in [0.15, 0.2) is 0 Å². The van der Waals surface area contributed by atoms with Gasteiger partial charge < -0.3 is 29.0 Å². The number of carbonyl (C=O) groups excluding carboxylic acids is 4. The highest BCUT2D eigenvalue weighted by Gasteiger charge is 2.51. The molecule has 1 aliphatic heterocycles. The molecule has 0 saturated carbocycles. The van der Waals surface area contributed by atoms with E-state index in [2.05, 4.69) is 5.32 Å². The molecule has 0 aliphatic carbocycles. The topological polar surface area (TPSA) is 126 Å². The summed E-state index contributed by atoms with van der Waals surface area (Å²) in [5.74, 6) is -2.26. The lowest BCUT2D eigenvalue weighted by Crippen LogP contribution is -2.66. The molecule has 10 nitrogen and oxygen atoms in total. The van der Waals surface area contributed by atoms with E-state index in [-0.39, 0.29) is 6.61 Å². The van der Waals surface area contributed by atoms with Crippen LogP contribution in [0.5, 0.6) is 0 Å². The molecule has 5 atom stereocenters. The molecular weight excluding hydrogens is 362 g/mol. The van der Waals surface area contributed by atoms with Crippen LogP contribution < -0.4 is 5.32 Å². The molecule has 1 saturated heterocycles. The number of amides is 1. The summed E-state index contributed by atoms with van der Waals surface area (Å²) in [6.07, 6.45) is -3.47. The highest BCUT2D eigenvalue weighted by atomic mass is 16.7. The van der Waals surface area contributed by atoms with E-state index < -0.39 is 54.5 Å². The molecule has 27 heavy (non-hydrogen) atoms. The summed E-state index contributed by atoms with van der Waals surface area (Å²) in [5, 5.41) is 2.62. The van der Waals surface area contributed by atoms with Gasteiger partial charge in [-0.3, -0.25) is 19.2 Å². The summed E-state index contributed by atoms with van der Waals surface area (Å²) in [4.78, 5) is 46.0. The lowest BCUT2D eigenvalue weighted by molar-refractivity contribution is -0.277. The molecule has 1 rings (SSSR count). The van der Waals surface area contributed by atoms with Crippen molar-refractivity contribution in [2.75, 3.05) is 13.2 Å². The number of rotatable bonds is 8. The van der Waals surface area contributed by atoms with Crippen molar-refractivity contribution < 1.29 is 42.9 Å². The smallest absolute Gasteiger partial charge is 0.303 e. The van der Waals surface area contributed by atoms with E-state index in [4.69, 9.17) is 23.7 Å². The van der Waals surface area contributed by atoms with E-state index in [0.717, 1.165) is 0 Å². The first kappa shape index (κ1) is 22.8. The molecule has 10 heteroatoms. The summed E-state index contributed by atoms with van der Waals surface area (Å²) in [6, 6.07) is -0.920. The molecule has 0 aromatic carbocycles. The highest BCUT2D eigenvalue weighted by molar-refractivity contribution is 5.73. The molecule has 1 N–H and O–H groups in total. The molecule has 1 heterocycles. The molecule has 0 aromatic rings. The fourth-order valence-electron chi connectivity index (χ4n) is 2.67. The molecule has 1 fully saturated rings. The van der Waals surface area contributed by atoms with Gasteiger partial charge in [0.2, 0.25) is 5.91 Å². The second kappa shape index (κ2) is 10.8. The first-order valence-electron chi connectivity index (χ1n) is 8.67. The zero-order valence-electron chi connectivity index (χ0n) is 16.2. The van der Waals surface area contributed by atoms with Crippen LogP contribution in [0.1, 0.15) is 41.0 Å². The predicted octanol–water partition coefficient (Wildman–Crippen LogP) is 0.0691. The standard InChI is InChI=1S/C17H27NO9/c1-6-7-23-17-14(18-9(2)19)16(26-12(5)22)15(25-11(4)21)13(27-17)8-24-10(3)20/h13-17H,6-8H2,1-5H3,(H,18,19)/t13-,14-,15+,16-,17-/m0/s1. The summed E-state index contributed by atoms with van der Waals surface area (Å²) >= 11 is 0. The summed E-state index contributed by atoms with van der Waals surface area (Å²) in [6.45, 7) is 6.83. The van der Waals surface area contributed by atoms with Crippen molar-refractivity contribution in [1.29, 1.82) is 0 Å². The van der Waals surface area contributed by atoms with Gasteiger partial charge >= 0.3 is 17.9 Å². The fourth-order valence-corrected chi connectivity index (χ4v) is 2.67. The first-order chi connectivity index (χ1) is 12.6. The Morgan fingerprint density at radius 2 is 1.52 bits per heavy atom. The maximum Gasteiger partial charge on any atom is 0.303 e. The molecule has 0 unspecified atom stereocenters. The van der Waals surface area contributed by atoms with Crippen molar-refractivity contribution in [3.8, 4) is 0 Å². The molecule has 0 radical (unpaired) electrons. The van der Waals surface area contributed by atoms with E-state index in [9.17, 15) is 19.2 Å². The number of carbonyl (C=O) groups is 4. The normalized spacial score (nSPS) is 27.4. The van der Waals surface area contributed by atoms with Gasteiger partial charge in [-0.2, -0.15) is 0 Å². The van der Waals surface area contributed by atoms with Gasteiger partial charge in [0.1, 0.15) is 18.8 Å². The predicted molar refractivity (Wildman–Crippen MR) is 90.2 cm³/mol. The third-order valence-corrected chi connectivity index (χ3v) is 3.56. The van der Waals surface area contributed by atoms with Gasteiger partial charge in [0.25, 0.3) is 0 Å². The van der Waals surface area contributed by atoms with Crippen LogP contribution in [-0.2, 0) is 42.9 Å². The first-order valence-corrected chi connectivity index (χ1v) is 8.67. The van der Waals surface area contributed by atoms with Gasteiger partial charge in [-0.25, -0.2) is 0 Å². The molecular formula is C17H27NO9. The number of ether oxygens (including phenoxy) is 5. The Morgan fingerprint density at radius 1 is 0.926 bits per heavy atom. The minimum atomic E-state index is -1.11. The Morgan fingerprint density at radius 3 is 2.00 bits per heavy atom. The Balaban J connectivity index is 3.22. The van der Waals surface area contributed by atoms with Crippen molar-refractivity contribution in [3.63, 3.8) is 0 Å². The van der Waals surface area contributed by atoms with Gasteiger partial charge in [-0.15, -0.1) is 0 Å². The van der Waals surface area contributed by atoms with Gasteiger partial charge in [0.05, 0.1) is 0 Å². The molecule has 154 valence electrons. The third kappa shape index (κ3) is 7.51. The minimum absolute atomic E-state index is 0.246. The van der Waals surface area contributed by atoms with Crippen molar-refractivity contribution in [2.24, 2.45) is 0 Å². The maximum atomic E-state index is 11.6. The molecule has 1 amide bonds. The Hall–Kier alpha value is -2.20. The van der Waals surface area contributed by atoms with Gasteiger partial charge in [-0.05, 0) is 6.42 Å². The lowest BCUT2D eigenvalue weighted by Gasteiger charge is -2.44. The second-order valence-corrected chi connectivity index (χ2v) is 6.09. The SMILES string of the molecule is CCCO[C@H]1O[C@@H](COC(C)=O)[C@@H](OC(C)=O)[C@@H](OC(C)=O)[C@@H]1NC(C)=O. The monoisotopic (exact) mass is 389 g/mol. The van der Waals surface area contributed by atoms with E-state index in [1.165, 1.54) is 27.7 Å². The lowest BCUT2D eigenvalue weighted by atomic mass is 9.96. The van der Waals surface area contributed by atoms with Crippen molar-refractivity contribution in [1.82, 2.24) is 5.32 Å². The summed E-state index contributed by atoms with van der Waals surface area (Å²) in [7, 11) is 0. The Bertz CT molecular complexity index is 551. The largest absolute Gasteiger partial charge is 0.463 e. The van der Waals surface area contributed by atoms with Crippen LogP contribution in [-0.4, -0.2) is 67.7 Å². The third-order valence-electron chi connectivity index (χ3n) is 3.56. The van der Waals surface area contributed by atoms with Crippen LogP contribution in [0, 0.1) is 0 Å². The number of hydrogen-bond acceptors (Lipinski definition) is 9. The van der Waals surface area contributed by atoms with Crippen LogP contribution >= 0.6 is 0 Å². The van der Waals surface area contributed by atoms with Crippen LogP contribution in [0.4, 0.5) is 0 Å². The van der Waals surface area contributed by atoms with Gasteiger partial charge in [0.15, 0.2) is 18.5 Å². The van der Waals surface area contributed by atoms with E-state index in [1.807, 2.05) is 6.92 Å². The molecule has 0 spiro atoms. The summed E-state index contributed by atoms with van der Waals surface area (Å²) < 4.78 is 27.0. The summed E-state index contributed by atoms with van der Waals surface area (Å²) in [5.41, 5.74) is 0. The maximum absolute atomic E-state index is 11.6. The van der Waals surface area contributed by atoms with Crippen LogP contribution in [0.2, 0.25) is 0 Å². The molecule has 1 aliphatic rings. The van der Waals surface area contributed by atoms with Gasteiger partial charge in [0, 0.05) is 34.3 Å². The fraction of sp³-hybridized carbons (Fsp3) is 0.765. The van der Waals surface area contributed by atoms with Crippen LogP contribution in [0.25, 0.3) is 0 Å². The van der Waals surface area contributed by atoms with Crippen molar-refractivity contribution in [3.05, 3.63) is 0 Å². The zero-order chi connectivity index (χ0) is 20.6. The highest BCUT2D eigenvalue weighted by Crippen LogP contribution is 2.28. The molecule has 0 aromatic heterocycles. The second-order valence-electron chi connectivity index (χ2n) is 6.09. The van der Waals surface area contributed by atoms with Crippen molar-refractivity contribution >= 4 is 23.8 Å². The van der Waals surface area contributed by atoms with Gasteiger partial charge in [-0.1, -0.05) is 6.92 Å². The number of hydrogen-bond donors (Lipinski definition) is 1. The van der Waals surface area contributed by atoms with E-state index in [1.54, 1.807) is 0 Å². The quantitative estimate of drug-likeness (QED) is 0.453. The average Bonchev–Trinajstić information content (AvgIpc) is 2.54. The van der Waals surface area contributed by atoms with Crippen molar-refractivity contribution in [2.45, 2.75) is 71.7 Å².